The third kappa shape index (κ3) is 5.85. The second-order valence-electron chi connectivity index (χ2n) is 7.01. The highest BCUT2D eigenvalue weighted by Crippen LogP contribution is 2.25. The van der Waals surface area contributed by atoms with Gasteiger partial charge < -0.3 is 13.9 Å². The van der Waals surface area contributed by atoms with Crippen molar-refractivity contribution < 1.29 is 18.7 Å². The molecular weight excluding hydrogens is 555 g/mol. The lowest BCUT2D eigenvalue weighted by atomic mass is 10.2. The van der Waals surface area contributed by atoms with Crippen LogP contribution in [0, 0.1) is 3.57 Å². The van der Waals surface area contributed by atoms with E-state index >= 15 is 0 Å². The Morgan fingerprint density at radius 2 is 1.97 bits per heavy atom. The lowest BCUT2D eigenvalue weighted by Crippen LogP contribution is -2.16. The van der Waals surface area contributed by atoms with Crippen molar-refractivity contribution in [2.75, 3.05) is 6.61 Å². The second-order valence-corrected chi connectivity index (χ2v) is 8.58. The molecule has 4 aromatic rings. The van der Waals surface area contributed by atoms with E-state index in [4.69, 9.17) is 25.5 Å². The predicted octanol–water partition coefficient (Wildman–Crippen LogP) is 6.43. The molecule has 0 saturated carbocycles. The van der Waals surface area contributed by atoms with Crippen molar-refractivity contribution >= 4 is 57.3 Å². The lowest BCUT2D eigenvalue weighted by molar-refractivity contribution is 0.0929. The Morgan fingerprint density at radius 3 is 2.76 bits per heavy atom. The van der Waals surface area contributed by atoms with Gasteiger partial charge in [0, 0.05) is 16.0 Å². The third-order valence-electron chi connectivity index (χ3n) is 4.70. The molecule has 0 atom stereocenters. The van der Waals surface area contributed by atoms with Crippen molar-refractivity contribution in [1.82, 2.24) is 5.43 Å². The van der Waals surface area contributed by atoms with Crippen LogP contribution in [0.25, 0.3) is 11.0 Å². The molecule has 1 aromatic heterocycles. The van der Waals surface area contributed by atoms with E-state index in [1.165, 1.54) is 0 Å². The molecule has 1 heterocycles. The van der Waals surface area contributed by atoms with Gasteiger partial charge in [-0.15, -0.1) is 0 Å². The van der Waals surface area contributed by atoms with Crippen LogP contribution in [-0.2, 0) is 6.61 Å². The maximum atomic E-state index is 12.4. The van der Waals surface area contributed by atoms with Gasteiger partial charge in [-0.2, -0.15) is 5.10 Å². The van der Waals surface area contributed by atoms with Crippen molar-refractivity contribution in [3.05, 3.63) is 92.2 Å². The number of fused-ring (bicyclic) bond motifs is 1. The molecule has 0 radical (unpaired) electrons. The van der Waals surface area contributed by atoms with Gasteiger partial charge >= 0.3 is 5.91 Å². The Labute approximate surface area is 209 Å². The Morgan fingerprint density at radius 1 is 1.12 bits per heavy atom. The molecule has 0 aliphatic rings. The van der Waals surface area contributed by atoms with Crippen LogP contribution in [0.1, 0.15) is 28.6 Å². The molecule has 0 bridgehead atoms. The molecule has 0 spiro atoms. The largest absolute Gasteiger partial charge is 0.494 e. The molecule has 6 nitrogen and oxygen atoms in total. The van der Waals surface area contributed by atoms with E-state index in [1.54, 1.807) is 24.4 Å². The van der Waals surface area contributed by atoms with Gasteiger partial charge in [-0.05, 0) is 83.6 Å². The van der Waals surface area contributed by atoms with Crippen LogP contribution in [-0.4, -0.2) is 18.7 Å². The van der Waals surface area contributed by atoms with Crippen LogP contribution in [0.2, 0.25) is 5.02 Å². The highest BCUT2D eigenvalue weighted by molar-refractivity contribution is 14.1. The summed E-state index contributed by atoms with van der Waals surface area (Å²) in [4.78, 5) is 12.4. The van der Waals surface area contributed by atoms with Crippen molar-refractivity contribution in [2.45, 2.75) is 13.5 Å². The van der Waals surface area contributed by atoms with E-state index in [-0.39, 0.29) is 5.76 Å². The minimum absolute atomic E-state index is 0.175. The van der Waals surface area contributed by atoms with Crippen LogP contribution < -0.4 is 14.9 Å². The number of furan rings is 1. The zero-order valence-electron chi connectivity index (χ0n) is 17.7. The summed E-state index contributed by atoms with van der Waals surface area (Å²) in [5, 5.41) is 5.50. The maximum Gasteiger partial charge on any atom is 0.307 e. The summed E-state index contributed by atoms with van der Waals surface area (Å²) in [6.07, 6.45) is 1.56. The summed E-state index contributed by atoms with van der Waals surface area (Å²) < 4.78 is 17.9. The van der Waals surface area contributed by atoms with Crippen LogP contribution in [0.4, 0.5) is 0 Å². The Hall–Kier alpha value is -3.04. The average molecular weight is 575 g/mol. The molecule has 0 unspecified atom stereocenters. The molecule has 168 valence electrons. The number of hydrogen-bond acceptors (Lipinski definition) is 5. The fourth-order valence-electron chi connectivity index (χ4n) is 3.10. The molecule has 0 aliphatic heterocycles. The maximum absolute atomic E-state index is 12.4. The minimum Gasteiger partial charge on any atom is -0.494 e. The highest BCUT2D eigenvalue weighted by Gasteiger charge is 2.12. The first-order chi connectivity index (χ1) is 16.0. The van der Waals surface area contributed by atoms with Gasteiger partial charge in [0.2, 0.25) is 0 Å². The third-order valence-corrected chi connectivity index (χ3v) is 5.91. The Kier molecular flexibility index (Phi) is 7.51. The van der Waals surface area contributed by atoms with Crippen LogP contribution in [0.3, 0.4) is 0 Å². The number of hydrazone groups is 1. The smallest absolute Gasteiger partial charge is 0.307 e. The number of nitrogens with one attached hydrogen (secondary N) is 1. The summed E-state index contributed by atoms with van der Waals surface area (Å²) >= 11 is 8.37. The molecular formula is C25H20ClIN2O4. The molecule has 8 heteroatoms. The average Bonchev–Trinajstić information content (AvgIpc) is 3.23. The topological polar surface area (TPSA) is 73.1 Å². The molecule has 1 amide bonds. The predicted molar refractivity (Wildman–Crippen MR) is 137 cm³/mol. The van der Waals surface area contributed by atoms with Gasteiger partial charge in [-0.1, -0.05) is 29.8 Å². The van der Waals surface area contributed by atoms with E-state index in [0.717, 1.165) is 31.6 Å². The molecule has 1 N–H and O–H groups in total. The van der Waals surface area contributed by atoms with Gasteiger partial charge in [0.05, 0.1) is 16.4 Å². The first-order valence-electron chi connectivity index (χ1n) is 10.2. The number of carbonyl (C=O) groups excluding carboxylic acids is 1. The number of hydrogen-bond donors (Lipinski definition) is 1. The normalized spacial score (nSPS) is 11.1. The minimum atomic E-state index is -0.435. The fraction of sp³-hybridized carbons (Fsp3) is 0.120. The van der Waals surface area contributed by atoms with Crippen molar-refractivity contribution in [2.24, 2.45) is 5.10 Å². The molecule has 3 aromatic carbocycles. The van der Waals surface area contributed by atoms with Crippen LogP contribution in [0.15, 0.2) is 76.2 Å². The van der Waals surface area contributed by atoms with Gasteiger partial charge in [-0.25, -0.2) is 5.43 Å². The standard InChI is InChI=1S/C25H20ClIN2O4/c1-2-31-19-8-10-22-18(12-19)13-24(33-22)25(30)29-28-14-16-7-9-23(21(27)11-16)32-15-17-5-3-4-6-20(17)26/h3-14H,2,15H2,1H3,(H,29,30)/b28-14+. The summed E-state index contributed by atoms with van der Waals surface area (Å²) in [5.41, 5.74) is 4.83. The monoisotopic (exact) mass is 574 g/mol. The molecule has 0 saturated heterocycles. The number of halogens is 2. The number of benzene rings is 3. The molecule has 0 fully saturated rings. The van der Waals surface area contributed by atoms with Gasteiger partial charge in [0.25, 0.3) is 0 Å². The number of ether oxygens (including phenoxy) is 2. The molecule has 33 heavy (non-hydrogen) atoms. The van der Waals surface area contributed by atoms with E-state index in [9.17, 15) is 4.79 Å². The van der Waals surface area contributed by atoms with Gasteiger partial charge in [-0.3, -0.25) is 4.79 Å². The zero-order valence-corrected chi connectivity index (χ0v) is 20.6. The fourth-order valence-corrected chi connectivity index (χ4v) is 3.98. The first-order valence-corrected chi connectivity index (χ1v) is 11.6. The SMILES string of the molecule is CCOc1ccc2oc(C(=O)N/N=C/c3ccc(OCc4ccccc4Cl)c(I)c3)cc2c1. The van der Waals surface area contributed by atoms with E-state index < -0.39 is 5.91 Å². The van der Waals surface area contributed by atoms with E-state index in [1.807, 2.05) is 55.5 Å². The summed E-state index contributed by atoms with van der Waals surface area (Å²) in [6, 6.07) is 20.3. The Bertz CT molecular complexity index is 1320. The molecule has 0 aliphatic carbocycles. The van der Waals surface area contributed by atoms with Crippen LogP contribution in [0.5, 0.6) is 11.5 Å². The number of carbonyl (C=O) groups is 1. The second kappa shape index (κ2) is 10.7. The van der Waals surface area contributed by atoms with Crippen molar-refractivity contribution in [1.29, 1.82) is 0 Å². The van der Waals surface area contributed by atoms with Crippen LogP contribution >= 0.6 is 34.2 Å². The highest BCUT2D eigenvalue weighted by atomic mass is 127. The van der Waals surface area contributed by atoms with Gasteiger partial charge in [0.1, 0.15) is 23.7 Å². The van der Waals surface area contributed by atoms with E-state index in [2.05, 4.69) is 33.1 Å². The summed E-state index contributed by atoms with van der Waals surface area (Å²) in [6.45, 7) is 2.86. The zero-order chi connectivity index (χ0) is 23.2. The quantitative estimate of drug-likeness (QED) is 0.150. The number of nitrogens with zero attached hydrogens (tertiary/aromatic N) is 1. The summed E-state index contributed by atoms with van der Waals surface area (Å²) in [5.74, 6) is 1.21. The lowest BCUT2D eigenvalue weighted by Gasteiger charge is -2.10. The Balaban J connectivity index is 1.37. The number of amides is 1. The van der Waals surface area contributed by atoms with Crippen molar-refractivity contribution in [3.8, 4) is 11.5 Å². The van der Waals surface area contributed by atoms with E-state index in [0.29, 0.717) is 23.8 Å². The first kappa shape index (κ1) is 23.1. The van der Waals surface area contributed by atoms with Gasteiger partial charge in [0.15, 0.2) is 5.76 Å². The number of rotatable bonds is 8. The summed E-state index contributed by atoms with van der Waals surface area (Å²) in [7, 11) is 0. The van der Waals surface area contributed by atoms with Crippen molar-refractivity contribution in [3.63, 3.8) is 0 Å². The molecule has 4 rings (SSSR count).